The fourth-order valence-corrected chi connectivity index (χ4v) is 12.4. The van der Waals surface area contributed by atoms with Gasteiger partial charge in [-0.25, -0.2) is 4.79 Å². The number of piperidine rings is 1. The lowest BCUT2D eigenvalue weighted by atomic mass is 9.42. The number of esters is 1. The van der Waals surface area contributed by atoms with Gasteiger partial charge in [-0.3, -0.25) is 4.90 Å². The van der Waals surface area contributed by atoms with Gasteiger partial charge in [0, 0.05) is 82.6 Å². The average Bonchev–Trinajstić information content (AvgIpc) is 3.41. The van der Waals surface area contributed by atoms with Gasteiger partial charge in [-0.05, 0) is 37.9 Å². The van der Waals surface area contributed by atoms with Crippen LogP contribution in [-0.2, 0) is 28.4 Å². The van der Waals surface area contributed by atoms with Crippen molar-refractivity contribution in [2.75, 3.05) is 54.7 Å². The van der Waals surface area contributed by atoms with Crippen LogP contribution in [0.1, 0.15) is 37.0 Å². The fourth-order valence-electron chi connectivity index (χ4n) is 12.4. The van der Waals surface area contributed by atoms with Crippen molar-refractivity contribution < 1.29 is 48.5 Å². The van der Waals surface area contributed by atoms with Crippen LogP contribution < -0.4 is 0 Å². The van der Waals surface area contributed by atoms with Crippen LogP contribution in [0.2, 0.25) is 0 Å². The predicted octanol–water partition coefficient (Wildman–Crippen LogP) is 1.12. The van der Waals surface area contributed by atoms with Crippen molar-refractivity contribution in [2.45, 2.75) is 80.6 Å². The molecular weight excluding hydrogens is 582 g/mol. The van der Waals surface area contributed by atoms with Gasteiger partial charge in [0.2, 0.25) is 0 Å². The zero-order chi connectivity index (χ0) is 32.1. The van der Waals surface area contributed by atoms with E-state index < -0.39 is 76.5 Å². The van der Waals surface area contributed by atoms with E-state index in [0.717, 1.165) is 0 Å². The second-order valence-electron chi connectivity index (χ2n) is 14.3. The van der Waals surface area contributed by atoms with E-state index in [1.807, 2.05) is 13.0 Å². The summed E-state index contributed by atoms with van der Waals surface area (Å²) < 4.78 is 38.1. The zero-order valence-electron chi connectivity index (χ0n) is 27.1. The molecule has 0 aromatic heterocycles. The Hall–Kier alpha value is -1.67. The first-order valence-corrected chi connectivity index (χ1v) is 16.4. The maximum absolute atomic E-state index is 13.8. The van der Waals surface area contributed by atoms with Gasteiger partial charge in [0.05, 0.1) is 30.5 Å². The molecule has 7 rings (SSSR count). The second kappa shape index (κ2) is 10.9. The molecule has 1 saturated heterocycles. The van der Waals surface area contributed by atoms with Crippen molar-refractivity contribution in [3.8, 4) is 0 Å². The van der Waals surface area contributed by atoms with E-state index in [1.165, 1.54) is 7.11 Å². The Morgan fingerprint density at radius 3 is 2.33 bits per heavy atom. The fraction of sp³-hybridized carbons (Fsp3) is 0.794. The van der Waals surface area contributed by atoms with E-state index in [2.05, 4.69) is 11.8 Å². The Morgan fingerprint density at radius 2 is 1.73 bits per heavy atom. The summed E-state index contributed by atoms with van der Waals surface area (Å²) in [4.78, 5) is 16.2. The van der Waals surface area contributed by atoms with Crippen LogP contribution in [-0.4, -0.2) is 135 Å². The minimum atomic E-state index is -1.71. The largest absolute Gasteiger partial charge is 0.455 e. The Kier molecular flexibility index (Phi) is 7.75. The second-order valence-corrected chi connectivity index (χ2v) is 14.3. The Bertz CT molecular complexity index is 1280. The first-order chi connectivity index (χ1) is 21.6. The highest BCUT2D eigenvalue weighted by Gasteiger charge is 2.91. The van der Waals surface area contributed by atoms with Gasteiger partial charge in [0.25, 0.3) is 0 Å². The van der Waals surface area contributed by atoms with Gasteiger partial charge >= 0.3 is 5.97 Å². The number of carbonyl (C=O) groups excluding carboxylic acids is 1. The highest BCUT2D eigenvalue weighted by atomic mass is 16.6. The number of ether oxygens (including phenoxy) is 6. The van der Waals surface area contributed by atoms with E-state index in [4.69, 9.17) is 28.4 Å². The van der Waals surface area contributed by atoms with Crippen LogP contribution in [0.5, 0.6) is 0 Å². The lowest BCUT2D eigenvalue weighted by Crippen LogP contribution is -2.81. The third-order valence-corrected chi connectivity index (χ3v) is 13.2. The van der Waals surface area contributed by atoms with E-state index in [-0.39, 0.29) is 30.9 Å². The van der Waals surface area contributed by atoms with Crippen LogP contribution in [0.4, 0.5) is 0 Å². The number of benzene rings is 1. The van der Waals surface area contributed by atoms with E-state index in [9.17, 15) is 20.1 Å². The van der Waals surface area contributed by atoms with E-state index >= 15 is 0 Å². The zero-order valence-corrected chi connectivity index (χ0v) is 27.1. The molecule has 1 aromatic rings. The lowest BCUT2D eigenvalue weighted by molar-refractivity contribution is -0.330. The summed E-state index contributed by atoms with van der Waals surface area (Å²) in [6.07, 6.45) is -4.41. The maximum atomic E-state index is 13.8. The van der Waals surface area contributed by atoms with Crippen molar-refractivity contribution in [1.29, 1.82) is 0 Å². The summed E-state index contributed by atoms with van der Waals surface area (Å²) in [5.74, 6) is -2.18. The third-order valence-electron chi connectivity index (χ3n) is 13.2. The number of rotatable bonds is 10. The number of fused-ring (bicyclic) bond motifs is 2. The van der Waals surface area contributed by atoms with Crippen molar-refractivity contribution in [1.82, 2.24) is 4.90 Å². The molecule has 0 radical (unpaired) electrons. The molecule has 1 heterocycles. The summed E-state index contributed by atoms with van der Waals surface area (Å²) in [5.41, 5.74) is -4.00. The van der Waals surface area contributed by atoms with Gasteiger partial charge in [0.15, 0.2) is 0 Å². The van der Waals surface area contributed by atoms with Gasteiger partial charge < -0.3 is 43.7 Å². The Morgan fingerprint density at radius 1 is 1.00 bits per heavy atom. The summed E-state index contributed by atoms with van der Waals surface area (Å²) in [7, 11) is 6.53. The number of likely N-dealkylation sites (tertiary alicyclic amines) is 1. The van der Waals surface area contributed by atoms with Gasteiger partial charge in [0.1, 0.15) is 29.5 Å². The highest BCUT2D eigenvalue weighted by molar-refractivity contribution is 5.89. The van der Waals surface area contributed by atoms with Crippen molar-refractivity contribution >= 4 is 5.97 Å². The number of aliphatic hydroxyl groups is 3. The summed E-state index contributed by atoms with van der Waals surface area (Å²) in [6.45, 7) is 5.86. The molecule has 3 N–H and O–H groups in total. The molecule has 6 aliphatic rings. The van der Waals surface area contributed by atoms with Crippen molar-refractivity contribution in [3.63, 3.8) is 0 Å². The number of methoxy groups -OCH3 is 4. The quantitative estimate of drug-likeness (QED) is 0.321. The number of hydrogen-bond donors (Lipinski definition) is 3. The molecule has 6 fully saturated rings. The van der Waals surface area contributed by atoms with Crippen LogP contribution >= 0.6 is 0 Å². The SMILES string of the molecule is CCO[C@@]12[C@@H]3[C@H](OC)[C@@H]4[C@]5(COC)CN(CC)[C@H]3[C@]4([C@@H](OC)C[C@H]5O)[C@@H]3C[C@](O)([C@H](OC(=O)c4ccccc4)[C@@H]31)[C@@H](OC)[C@@H]2O. The van der Waals surface area contributed by atoms with Gasteiger partial charge in [-0.15, -0.1) is 0 Å². The predicted molar refractivity (Wildman–Crippen MR) is 160 cm³/mol. The molecular formula is C34H49NO10. The third kappa shape index (κ3) is 3.60. The molecule has 5 aliphatic carbocycles. The topological polar surface area (TPSA) is 136 Å². The molecule has 250 valence electrons. The number of hydrogen-bond acceptors (Lipinski definition) is 11. The van der Waals surface area contributed by atoms with Crippen LogP contribution in [0.15, 0.2) is 30.3 Å². The number of aliphatic hydroxyl groups excluding tert-OH is 2. The Balaban J connectivity index is 1.51. The van der Waals surface area contributed by atoms with Crippen LogP contribution in [0.25, 0.3) is 0 Å². The molecule has 7 bridgehead atoms. The molecule has 15 atom stereocenters. The molecule has 11 nitrogen and oxygen atoms in total. The summed E-state index contributed by atoms with van der Waals surface area (Å²) >= 11 is 0. The molecule has 1 spiro atoms. The lowest BCUT2D eigenvalue weighted by Gasteiger charge is -2.70. The van der Waals surface area contributed by atoms with Gasteiger partial charge in [-0.2, -0.15) is 0 Å². The monoisotopic (exact) mass is 631 g/mol. The average molecular weight is 632 g/mol. The summed E-state index contributed by atoms with van der Waals surface area (Å²) in [5, 5.41) is 37.3. The van der Waals surface area contributed by atoms with Crippen LogP contribution in [0.3, 0.4) is 0 Å². The molecule has 1 aromatic carbocycles. The first-order valence-electron chi connectivity index (χ1n) is 16.4. The number of carbonyl (C=O) groups is 1. The smallest absolute Gasteiger partial charge is 0.338 e. The summed E-state index contributed by atoms with van der Waals surface area (Å²) in [6, 6.07) is 8.57. The molecule has 1 aliphatic heterocycles. The van der Waals surface area contributed by atoms with Crippen molar-refractivity contribution in [2.24, 2.45) is 34.5 Å². The molecule has 11 heteroatoms. The Labute approximate surface area is 265 Å². The molecule has 0 unspecified atom stereocenters. The molecule has 45 heavy (non-hydrogen) atoms. The minimum Gasteiger partial charge on any atom is -0.455 e. The molecule has 5 saturated carbocycles. The van der Waals surface area contributed by atoms with E-state index in [1.54, 1.807) is 45.6 Å². The first kappa shape index (κ1) is 31.9. The minimum absolute atomic E-state index is 0.175. The maximum Gasteiger partial charge on any atom is 0.338 e. The normalized spacial score (nSPS) is 50.9. The number of nitrogens with zero attached hydrogens (tertiary/aromatic N) is 1. The van der Waals surface area contributed by atoms with E-state index in [0.29, 0.717) is 31.7 Å². The van der Waals surface area contributed by atoms with Crippen LogP contribution in [0, 0.1) is 34.5 Å². The molecule has 0 amide bonds. The van der Waals surface area contributed by atoms with Gasteiger partial charge in [-0.1, -0.05) is 25.1 Å². The van der Waals surface area contributed by atoms with Crippen molar-refractivity contribution in [3.05, 3.63) is 35.9 Å². The standard InChI is InChI=1S/C34H49NO10/c1-7-35-16-31(17-40-3)20(36)14-21(41-4)33-19-15-32(39)28(45-30(38)18-12-10-9-11-13-18)22(19)34(44-8-2,27(37)29(32)43-6)23(26(33)35)24(42-5)25(31)33/h9-13,19-29,36-37,39H,7-8,14-17H2,1-6H3/t19-,20-,21+,22-,23-,24+,25-,26-,27+,28-,29+,31+,32+,33+,34-/m1/s1. The highest BCUT2D eigenvalue weighted by Crippen LogP contribution is 2.80.